The van der Waals surface area contributed by atoms with Crippen LogP contribution in [-0.4, -0.2) is 44.3 Å². The lowest BCUT2D eigenvalue weighted by Crippen LogP contribution is -2.53. The highest BCUT2D eigenvalue weighted by Crippen LogP contribution is 2.29. The number of anilines is 1. The Morgan fingerprint density at radius 3 is 2.11 bits per heavy atom. The van der Waals surface area contributed by atoms with Crippen LogP contribution >= 0.6 is 34.8 Å². The Labute approximate surface area is 279 Å². The van der Waals surface area contributed by atoms with Gasteiger partial charge in [0.1, 0.15) is 12.6 Å². The monoisotopic (exact) mass is 685 g/mol. The van der Waals surface area contributed by atoms with Crippen LogP contribution in [0.1, 0.15) is 30.0 Å². The Bertz CT molecular complexity index is 1720. The van der Waals surface area contributed by atoms with Crippen molar-refractivity contribution in [3.05, 3.63) is 129 Å². The van der Waals surface area contributed by atoms with E-state index in [1.807, 2.05) is 50.2 Å². The van der Waals surface area contributed by atoms with E-state index in [2.05, 4.69) is 5.32 Å². The van der Waals surface area contributed by atoms with Crippen LogP contribution in [0, 0.1) is 6.92 Å². The molecule has 0 saturated carbocycles. The number of nitrogens with zero attached hydrogens (tertiary/aromatic N) is 2. The van der Waals surface area contributed by atoms with Crippen LogP contribution in [0.25, 0.3) is 0 Å². The molecule has 11 heteroatoms. The molecule has 7 nitrogen and oxygen atoms in total. The minimum Gasteiger partial charge on any atom is -0.354 e. The molecule has 0 bridgehead atoms. The third kappa shape index (κ3) is 8.79. The van der Waals surface area contributed by atoms with Crippen molar-refractivity contribution in [1.29, 1.82) is 0 Å². The molecule has 0 aliphatic heterocycles. The topological polar surface area (TPSA) is 86.8 Å². The number of halogens is 3. The quantitative estimate of drug-likeness (QED) is 0.160. The van der Waals surface area contributed by atoms with Crippen molar-refractivity contribution in [1.82, 2.24) is 10.2 Å². The van der Waals surface area contributed by atoms with Crippen LogP contribution in [0.2, 0.25) is 15.1 Å². The molecule has 0 aromatic heterocycles. The molecular formula is C34H34Cl3N3O4S. The second-order valence-corrected chi connectivity index (χ2v) is 13.6. The van der Waals surface area contributed by atoms with Crippen LogP contribution < -0.4 is 9.62 Å². The van der Waals surface area contributed by atoms with Gasteiger partial charge >= 0.3 is 0 Å². The first-order valence-corrected chi connectivity index (χ1v) is 17.0. The summed E-state index contributed by atoms with van der Waals surface area (Å²) in [6.45, 7) is 3.44. The highest BCUT2D eigenvalue weighted by Gasteiger charge is 2.35. The first kappa shape index (κ1) is 34.3. The number of carbonyl (C=O) groups is 2. The molecular weight excluding hydrogens is 653 g/mol. The van der Waals surface area contributed by atoms with Gasteiger partial charge in [0.05, 0.1) is 10.6 Å². The minimum atomic E-state index is -4.25. The number of carbonyl (C=O) groups excluding carboxylic acids is 2. The Morgan fingerprint density at radius 1 is 0.844 bits per heavy atom. The van der Waals surface area contributed by atoms with Gasteiger partial charge in [0.2, 0.25) is 11.8 Å². The Hall–Kier alpha value is -3.56. The Morgan fingerprint density at radius 2 is 1.49 bits per heavy atom. The predicted molar refractivity (Wildman–Crippen MR) is 181 cm³/mol. The zero-order chi connectivity index (χ0) is 32.6. The zero-order valence-corrected chi connectivity index (χ0v) is 28.0. The number of amides is 2. The van der Waals surface area contributed by atoms with E-state index in [9.17, 15) is 18.0 Å². The van der Waals surface area contributed by atoms with E-state index in [0.29, 0.717) is 39.3 Å². The van der Waals surface area contributed by atoms with E-state index in [4.69, 9.17) is 34.8 Å². The lowest BCUT2D eigenvalue weighted by Gasteiger charge is -2.34. The maximum atomic E-state index is 14.5. The fraction of sp³-hybridized carbons (Fsp3) is 0.235. The van der Waals surface area contributed by atoms with Crippen molar-refractivity contribution in [2.45, 2.75) is 44.2 Å². The van der Waals surface area contributed by atoms with Crippen molar-refractivity contribution in [3.63, 3.8) is 0 Å². The van der Waals surface area contributed by atoms with Gasteiger partial charge in [0.25, 0.3) is 10.0 Å². The molecule has 0 aliphatic carbocycles. The van der Waals surface area contributed by atoms with Crippen molar-refractivity contribution >= 4 is 62.3 Å². The average molecular weight is 687 g/mol. The normalized spacial score (nSPS) is 11.9. The first-order chi connectivity index (χ1) is 21.5. The van der Waals surface area contributed by atoms with Gasteiger partial charge in [-0.15, -0.1) is 0 Å². The molecule has 1 N–H and O–H groups in total. The number of sulfonamides is 1. The molecule has 45 heavy (non-hydrogen) atoms. The highest BCUT2D eigenvalue weighted by atomic mass is 35.5. The summed E-state index contributed by atoms with van der Waals surface area (Å²) in [5.41, 5.74) is 2.36. The number of hydrogen-bond donors (Lipinski definition) is 1. The molecule has 0 heterocycles. The Balaban J connectivity index is 1.83. The van der Waals surface area contributed by atoms with Gasteiger partial charge in [-0.2, -0.15) is 0 Å². The molecule has 1 atom stereocenters. The second kappa shape index (κ2) is 15.6. The lowest BCUT2D eigenvalue weighted by atomic mass is 10.0. The summed E-state index contributed by atoms with van der Waals surface area (Å²) in [6, 6.07) is 25.9. The molecule has 1 unspecified atom stereocenters. The average Bonchev–Trinajstić information content (AvgIpc) is 3.02. The molecule has 4 rings (SSSR count). The van der Waals surface area contributed by atoms with Crippen LogP contribution in [0.5, 0.6) is 0 Å². The molecule has 2 amide bonds. The summed E-state index contributed by atoms with van der Waals surface area (Å²) < 4.78 is 29.3. The molecule has 236 valence electrons. The second-order valence-electron chi connectivity index (χ2n) is 10.5. The molecule has 0 radical (unpaired) electrons. The number of hydrogen-bond acceptors (Lipinski definition) is 4. The Kier molecular flexibility index (Phi) is 11.9. The molecule has 0 fully saturated rings. The summed E-state index contributed by atoms with van der Waals surface area (Å²) in [6.07, 6.45) is 0.868. The SMILES string of the molecule is CCCNC(=O)C(Cc1ccccc1)N(Cc1c(Cl)cccc1Cl)C(=O)CN(c1cccc(C)c1)S(=O)(=O)c1ccc(Cl)cc1. The summed E-state index contributed by atoms with van der Waals surface area (Å²) in [5.74, 6) is -0.988. The summed E-state index contributed by atoms with van der Waals surface area (Å²) >= 11 is 19.1. The molecule has 0 aliphatic rings. The highest BCUT2D eigenvalue weighted by molar-refractivity contribution is 7.92. The van der Waals surface area contributed by atoms with Crippen molar-refractivity contribution in [2.75, 3.05) is 17.4 Å². The van der Waals surface area contributed by atoms with Crippen LogP contribution in [-0.2, 0) is 32.6 Å². The number of nitrogens with one attached hydrogen (secondary N) is 1. The van der Waals surface area contributed by atoms with E-state index in [0.717, 1.165) is 15.4 Å². The predicted octanol–water partition coefficient (Wildman–Crippen LogP) is 7.32. The van der Waals surface area contributed by atoms with E-state index in [1.165, 1.54) is 29.2 Å². The fourth-order valence-corrected chi connectivity index (χ4v) is 6.87. The lowest BCUT2D eigenvalue weighted by molar-refractivity contribution is -0.140. The van der Waals surface area contributed by atoms with E-state index in [-0.39, 0.29) is 23.8 Å². The van der Waals surface area contributed by atoms with Crippen molar-refractivity contribution in [2.24, 2.45) is 0 Å². The van der Waals surface area contributed by atoms with E-state index < -0.39 is 28.5 Å². The first-order valence-electron chi connectivity index (χ1n) is 14.4. The third-order valence-electron chi connectivity index (χ3n) is 7.18. The van der Waals surface area contributed by atoms with E-state index >= 15 is 0 Å². The summed E-state index contributed by atoms with van der Waals surface area (Å²) in [7, 11) is -4.25. The van der Waals surface area contributed by atoms with Crippen molar-refractivity contribution < 1.29 is 18.0 Å². The fourth-order valence-electron chi connectivity index (χ4n) is 4.82. The molecule has 4 aromatic rings. The maximum absolute atomic E-state index is 14.5. The zero-order valence-electron chi connectivity index (χ0n) is 24.9. The van der Waals surface area contributed by atoms with Crippen molar-refractivity contribution in [3.8, 4) is 0 Å². The standard InChI is InChI=1S/C34H34Cl3N3O4S/c1-3-19-38-34(42)32(21-25-10-5-4-6-11-25)39(22-29-30(36)13-8-14-31(29)37)33(41)23-40(27-12-7-9-24(2)20-27)45(43,44)28-17-15-26(35)16-18-28/h4-18,20,32H,3,19,21-23H2,1-2H3,(H,38,42). The molecule has 0 saturated heterocycles. The van der Waals surface area contributed by atoms with Gasteiger partial charge < -0.3 is 10.2 Å². The smallest absolute Gasteiger partial charge is 0.264 e. The van der Waals surface area contributed by atoms with E-state index in [1.54, 1.807) is 36.4 Å². The van der Waals surface area contributed by atoms with Gasteiger partial charge in [-0.3, -0.25) is 13.9 Å². The number of benzene rings is 4. The number of rotatable bonds is 13. The summed E-state index contributed by atoms with van der Waals surface area (Å²) in [4.78, 5) is 29.6. The molecule has 0 spiro atoms. The van der Waals surface area contributed by atoms with Crippen LogP contribution in [0.15, 0.2) is 102 Å². The van der Waals surface area contributed by atoms with Gasteiger partial charge in [-0.05, 0) is 73.0 Å². The number of aryl methyl sites for hydroxylation is 1. The largest absolute Gasteiger partial charge is 0.354 e. The van der Waals surface area contributed by atoms with Gasteiger partial charge in [0.15, 0.2) is 0 Å². The van der Waals surface area contributed by atoms with Gasteiger partial charge in [-0.1, -0.05) is 90.3 Å². The van der Waals surface area contributed by atoms with Crippen LogP contribution in [0.4, 0.5) is 5.69 Å². The van der Waals surface area contributed by atoms with Crippen LogP contribution in [0.3, 0.4) is 0 Å². The van der Waals surface area contributed by atoms with Gasteiger partial charge in [-0.25, -0.2) is 8.42 Å². The van der Waals surface area contributed by atoms with Gasteiger partial charge in [0, 0.05) is 40.1 Å². The minimum absolute atomic E-state index is 0.0385. The molecule has 4 aromatic carbocycles. The summed E-state index contributed by atoms with van der Waals surface area (Å²) in [5, 5.41) is 3.92. The third-order valence-corrected chi connectivity index (χ3v) is 9.93. The maximum Gasteiger partial charge on any atom is 0.264 e.